The molecule has 7 heteroatoms. The molecule has 2 aromatic carbocycles. The summed E-state index contributed by atoms with van der Waals surface area (Å²) >= 11 is 11.7. The van der Waals surface area contributed by atoms with Gasteiger partial charge in [0.25, 0.3) is 0 Å². The second-order valence-electron chi connectivity index (χ2n) is 5.76. The Morgan fingerprint density at radius 3 is 2.00 bits per heavy atom. The second-order valence-corrected chi connectivity index (χ2v) is 8.70. The van der Waals surface area contributed by atoms with E-state index in [4.69, 9.17) is 23.2 Å². The molecule has 1 aliphatic rings. The summed E-state index contributed by atoms with van der Waals surface area (Å²) in [6.45, 7) is -0.533. The number of aliphatic hydroxyl groups excluding tert-OH is 1. The third kappa shape index (κ3) is 2.60. The minimum absolute atomic E-state index is 0.0847. The van der Waals surface area contributed by atoms with E-state index in [0.717, 1.165) is 0 Å². The Balaban J connectivity index is 2.06. The van der Waals surface area contributed by atoms with Crippen LogP contribution in [0.25, 0.3) is 0 Å². The van der Waals surface area contributed by atoms with Gasteiger partial charge in [-0.15, -0.1) is 0 Å². The highest BCUT2D eigenvalue weighted by molar-refractivity contribution is 7.92. The molecule has 2 aromatic rings. The summed E-state index contributed by atoms with van der Waals surface area (Å²) in [6, 6.07) is 14.5. The van der Waals surface area contributed by atoms with Gasteiger partial charge in [-0.05, 0) is 42.0 Å². The molecule has 0 unspecified atom stereocenters. The SMILES string of the molecule is N#C[C@@]1(CO)[C@H](c2ccc(Cl)cc2)[C@@H]1S(=O)(=O)c1ccc(Cl)cc1. The van der Waals surface area contributed by atoms with Gasteiger partial charge in [-0.25, -0.2) is 8.42 Å². The van der Waals surface area contributed by atoms with Gasteiger partial charge < -0.3 is 5.11 Å². The zero-order valence-electron chi connectivity index (χ0n) is 12.4. The summed E-state index contributed by atoms with van der Waals surface area (Å²) in [6.07, 6.45) is 0. The molecule has 0 heterocycles. The van der Waals surface area contributed by atoms with E-state index in [1.165, 1.54) is 24.3 Å². The number of rotatable bonds is 4. The molecule has 3 rings (SSSR count). The lowest BCUT2D eigenvalue weighted by molar-refractivity contribution is 0.242. The van der Waals surface area contributed by atoms with E-state index in [1.807, 2.05) is 6.07 Å². The van der Waals surface area contributed by atoms with Crippen molar-refractivity contribution in [2.75, 3.05) is 6.61 Å². The summed E-state index contributed by atoms with van der Waals surface area (Å²) in [5.74, 6) is -0.606. The van der Waals surface area contributed by atoms with Gasteiger partial charge in [0.2, 0.25) is 0 Å². The Morgan fingerprint density at radius 2 is 1.54 bits per heavy atom. The molecule has 1 N–H and O–H groups in total. The molecule has 3 atom stereocenters. The molecule has 1 aliphatic carbocycles. The van der Waals surface area contributed by atoms with Gasteiger partial charge in [0.15, 0.2) is 9.84 Å². The van der Waals surface area contributed by atoms with Crippen molar-refractivity contribution in [3.8, 4) is 6.07 Å². The first-order valence-corrected chi connectivity index (χ1v) is 9.44. The fourth-order valence-corrected chi connectivity index (χ4v) is 5.70. The average Bonchev–Trinajstić information content (AvgIpc) is 3.26. The quantitative estimate of drug-likeness (QED) is 0.879. The van der Waals surface area contributed by atoms with Crippen molar-refractivity contribution in [1.82, 2.24) is 0 Å². The Labute approximate surface area is 150 Å². The standard InChI is InChI=1S/C17H13Cl2NO3S/c18-12-3-1-11(2-4-12)15-16(17(15,9-20)10-21)24(22,23)14-7-5-13(19)6-8-14/h1-8,15-16,21H,10H2/t15-,16+,17-/m1/s1. The number of hydrogen-bond acceptors (Lipinski definition) is 4. The fourth-order valence-electron chi connectivity index (χ4n) is 3.13. The van der Waals surface area contributed by atoms with Gasteiger partial charge in [0.05, 0.1) is 22.8 Å². The van der Waals surface area contributed by atoms with Gasteiger partial charge >= 0.3 is 0 Å². The Hall–Kier alpha value is -1.58. The van der Waals surface area contributed by atoms with Gasteiger partial charge in [-0.3, -0.25) is 0 Å². The van der Waals surface area contributed by atoms with Crippen molar-refractivity contribution in [2.24, 2.45) is 5.41 Å². The average molecular weight is 382 g/mol. The van der Waals surface area contributed by atoms with Crippen LogP contribution in [-0.2, 0) is 9.84 Å². The van der Waals surface area contributed by atoms with E-state index in [0.29, 0.717) is 15.6 Å². The third-order valence-electron chi connectivity index (χ3n) is 4.43. The van der Waals surface area contributed by atoms with E-state index >= 15 is 0 Å². The van der Waals surface area contributed by atoms with Gasteiger partial charge in [0, 0.05) is 16.0 Å². The first-order valence-electron chi connectivity index (χ1n) is 7.14. The van der Waals surface area contributed by atoms with Crippen molar-refractivity contribution >= 4 is 33.0 Å². The minimum atomic E-state index is -3.80. The smallest absolute Gasteiger partial charge is 0.183 e. The summed E-state index contributed by atoms with van der Waals surface area (Å²) in [7, 11) is -3.80. The molecule has 4 nitrogen and oxygen atoms in total. The molecule has 0 saturated heterocycles. The van der Waals surface area contributed by atoms with Gasteiger partial charge in [-0.2, -0.15) is 5.26 Å². The van der Waals surface area contributed by atoms with Crippen LogP contribution in [0.3, 0.4) is 0 Å². The Morgan fingerprint density at radius 1 is 1.04 bits per heavy atom. The summed E-state index contributed by atoms with van der Waals surface area (Å²) < 4.78 is 25.9. The first kappa shape index (κ1) is 17.2. The number of sulfone groups is 1. The largest absolute Gasteiger partial charge is 0.395 e. The van der Waals surface area contributed by atoms with Crippen molar-refractivity contribution in [3.63, 3.8) is 0 Å². The molecule has 0 amide bonds. The van der Waals surface area contributed by atoms with Crippen molar-refractivity contribution in [3.05, 3.63) is 64.1 Å². The molecular formula is C17H13Cl2NO3S. The zero-order valence-corrected chi connectivity index (χ0v) is 14.7. The number of hydrogen-bond donors (Lipinski definition) is 1. The highest BCUT2D eigenvalue weighted by Crippen LogP contribution is 2.63. The second kappa shape index (κ2) is 6.05. The Bertz CT molecular complexity index is 904. The third-order valence-corrected chi connectivity index (χ3v) is 7.23. The fraction of sp³-hybridized carbons (Fsp3) is 0.235. The molecule has 124 valence electrons. The Kier molecular flexibility index (Phi) is 4.35. The molecule has 1 fully saturated rings. The number of halogens is 2. The maximum atomic E-state index is 13.0. The van der Waals surface area contributed by atoms with Crippen LogP contribution in [0.5, 0.6) is 0 Å². The van der Waals surface area contributed by atoms with Crippen molar-refractivity contribution in [2.45, 2.75) is 16.1 Å². The van der Waals surface area contributed by atoms with Gasteiger partial charge in [-0.1, -0.05) is 35.3 Å². The van der Waals surface area contributed by atoms with Crippen LogP contribution in [0.15, 0.2) is 53.4 Å². The predicted molar refractivity (Wildman–Crippen MR) is 91.8 cm³/mol. The highest BCUT2D eigenvalue weighted by Gasteiger charge is 2.72. The van der Waals surface area contributed by atoms with Crippen LogP contribution < -0.4 is 0 Å². The van der Waals surface area contributed by atoms with Crippen LogP contribution in [0.1, 0.15) is 11.5 Å². The molecule has 0 spiro atoms. The van der Waals surface area contributed by atoms with Crippen LogP contribution in [0.4, 0.5) is 0 Å². The first-order chi connectivity index (χ1) is 11.4. The minimum Gasteiger partial charge on any atom is -0.395 e. The number of benzene rings is 2. The predicted octanol–water partition coefficient (Wildman–Crippen LogP) is 3.44. The maximum Gasteiger partial charge on any atom is 0.183 e. The van der Waals surface area contributed by atoms with E-state index in [1.54, 1.807) is 24.3 Å². The van der Waals surface area contributed by atoms with Crippen LogP contribution in [0, 0.1) is 16.7 Å². The molecule has 24 heavy (non-hydrogen) atoms. The molecule has 0 bridgehead atoms. The molecule has 1 saturated carbocycles. The lowest BCUT2D eigenvalue weighted by Crippen LogP contribution is -2.18. The van der Waals surface area contributed by atoms with E-state index in [9.17, 15) is 18.8 Å². The lowest BCUT2D eigenvalue weighted by Gasteiger charge is -2.06. The number of nitrogens with zero attached hydrogens (tertiary/aromatic N) is 1. The lowest BCUT2D eigenvalue weighted by atomic mass is 10.0. The molecule has 0 aromatic heterocycles. The maximum absolute atomic E-state index is 13.0. The van der Waals surface area contributed by atoms with Gasteiger partial charge in [0.1, 0.15) is 5.41 Å². The van der Waals surface area contributed by atoms with Crippen molar-refractivity contribution in [1.29, 1.82) is 5.26 Å². The van der Waals surface area contributed by atoms with Crippen LogP contribution >= 0.6 is 23.2 Å². The topological polar surface area (TPSA) is 78.2 Å². The van der Waals surface area contributed by atoms with Crippen LogP contribution in [0.2, 0.25) is 10.0 Å². The van der Waals surface area contributed by atoms with E-state index in [2.05, 4.69) is 0 Å². The van der Waals surface area contributed by atoms with E-state index < -0.39 is 33.0 Å². The number of aliphatic hydroxyl groups is 1. The summed E-state index contributed by atoms with van der Waals surface area (Å²) in [5, 5.41) is 19.2. The normalized spacial score (nSPS) is 25.9. The van der Waals surface area contributed by atoms with Crippen molar-refractivity contribution < 1.29 is 13.5 Å². The zero-order chi connectivity index (χ0) is 17.5. The molecule has 0 aliphatic heterocycles. The summed E-state index contributed by atoms with van der Waals surface area (Å²) in [5.41, 5.74) is -0.690. The number of nitriles is 1. The highest BCUT2D eigenvalue weighted by atomic mass is 35.5. The summed E-state index contributed by atoms with van der Waals surface area (Å²) in [4.78, 5) is 0.0847. The molecular weight excluding hydrogens is 369 g/mol. The molecule has 0 radical (unpaired) electrons. The van der Waals surface area contributed by atoms with E-state index in [-0.39, 0.29) is 4.90 Å². The van der Waals surface area contributed by atoms with Crippen LogP contribution in [-0.4, -0.2) is 25.4 Å². The monoisotopic (exact) mass is 381 g/mol.